The molecule has 0 amide bonds. The normalized spacial score (nSPS) is 15.1. The Kier molecular flexibility index (Phi) is 9.41. The summed E-state index contributed by atoms with van der Waals surface area (Å²) >= 11 is 3.79. The molecule has 3 heteroatoms. The lowest BCUT2D eigenvalue weighted by Crippen LogP contribution is -2.32. The van der Waals surface area contributed by atoms with Crippen LogP contribution >= 0.6 is 23.5 Å². The first-order chi connectivity index (χ1) is 38.7. The Hall–Kier alpha value is -8.86. The summed E-state index contributed by atoms with van der Waals surface area (Å²) in [4.78, 5) is 7.82. The molecule has 0 bridgehead atoms. The molecule has 0 saturated carbocycles. The Morgan fingerprint density at radius 1 is 0.231 bits per heavy atom. The lowest BCUT2D eigenvalue weighted by molar-refractivity contribution is 0.722. The molecule has 0 atom stereocenters. The average molecular weight is 1030 g/mol. The summed E-state index contributed by atoms with van der Waals surface area (Å²) in [6.07, 6.45) is 0. The molecule has 0 aromatic heterocycles. The zero-order chi connectivity index (χ0) is 51.2. The Morgan fingerprint density at radius 2 is 0.603 bits per heavy atom. The Labute approximate surface area is 463 Å². The summed E-state index contributed by atoms with van der Waals surface area (Å²) in [5, 5.41) is 0. The van der Waals surface area contributed by atoms with Crippen molar-refractivity contribution < 1.29 is 0 Å². The van der Waals surface area contributed by atoms with Crippen LogP contribution in [0.15, 0.2) is 305 Å². The van der Waals surface area contributed by atoms with Crippen LogP contribution in [-0.4, -0.2) is 0 Å². The van der Waals surface area contributed by atoms with E-state index in [2.05, 4.69) is 290 Å². The molecule has 1 nitrogen and oxygen atoms in total. The van der Waals surface area contributed by atoms with Gasteiger partial charge < -0.3 is 4.90 Å². The van der Waals surface area contributed by atoms with Gasteiger partial charge in [-0.3, -0.25) is 0 Å². The van der Waals surface area contributed by atoms with Gasteiger partial charge in [-0.2, -0.15) is 0 Å². The predicted molar refractivity (Wildman–Crippen MR) is 321 cm³/mol. The van der Waals surface area contributed by atoms with Crippen LogP contribution in [0.1, 0.15) is 66.8 Å². The monoisotopic (exact) mass is 1030 g/mol. The van der Waals surface area contributed by atoms with Crippen LogP contribution in [-0.2, 0) is 16.2 Å². The third-order valence-corrected chi connectivity index (χ3v) is 20.2. The first-order valence-electron chi connectivity index (χ1n) is 27.1. The van der Waals surface area contributed by atoms with Crippen molar-refractivity contribution in [3.8, 4) is 33.4 Å². The number of hydrogen-bond acceptors (Lipinski definition) is 3. The van der Waals surface area contributed by atoms with Crippen molar-refractivity contribution in [2.24, 2.45) is 0 Å². The van der Waals surface area contributed by atoms with Crippen LogP contribution in [0.4, 0.5) is 17.1 Å². The molecule has 17 rings (SSSR count). The Morgan fingerprint density at radius 3 is 1.14 bits per heavy atom. The van der Waals surface area contributed by atoms with Crippen LogP contribution in [0.2, 0.25) is 0 Å². The molecular formula is C75H47NS2. The molecular weight excluding hydrogens is 979 g/mol. The van der Waals surface area contributed by atoms with Crippen molar-refractivity contribution >= 4 is 40.6 Å². The fourth-order valence-electron chi connectivity index (χ4n) is 15.1. The predicted octanol–water partition coefficient (Wildman–Crippen LogP) is 19.2. The lowest BCUT2D eigenvalue weighted by Gasteiger charge is -2.40. The van der Waals surface area contributed by atoms with E-state index in [1.54, 1.807) is 0 Å². The van der Waals surface area contributed by atoms with Gasteiger partial charge in [0.1, 0.15) is 0 Å². The molecule has 0 N–H and O–H groups in total. The number of anilines is 3. The van der Waals surface area contributed by atoms with E-state index in [0.29, 0.717) is 0 Å². The zero-order valence-corrected chi connectivity index (χ0v) is 44.0. The molecule has 78 heavy (non-hydrogen) atoms. The van der Waals surface area contributed by atoms with E-state index in [9.17, 15) is 0 Å². The number of hydrogen-bond donors (Lipinski definition) is 0. The molecule has 12 aromatic carbocycles. The molecule has 0 fully saturated rings. The second-order valence-electron chi connectivity index (χ2n) is 21.3. The highest BCUT2D eigenvalue weighted by molar-refractivity contribution is 7.99. The van der Waals surface area contributed by atoms with Crippen molar-refractivity contribution in [2.75, 3.05) is 4.90 Å². The topological polar surface area (TPSA) is 3.24 Å². The van der Waals surface area contributed by atoms with Crippen LogP contribution in [0.5, 0.6) is 0 Å². The van der Waals surface area contributed by atoms with Gasteiger partial charge in [-0.05, 0) is 149 Å². The van der Waals surface area contributed by atoms with Crippen molar-refractivity contribution in [1.29, 1.82) is 0 Å². The minimum atomic E-state index is -0.573. The van der Waals surface area contributed by atoms with Crippen molar-refractivity contribution in [3.05, 3.63) is 352 Å². The lowest BCUT2D eigenvalue weighted by atomic mass is 9.67. The number of nitrogens with zero attached hydrogens (tertiary/aromatic N) is 1. The Balaban J connectivity index is 0.979. The summed E-state index contributed by atoms with van der Waals surface area (Å²) in [5.74, 6) is 0. The van der Waals surface area contributed by atoms with Gasteiger partial charge in [0.15, 0.2) is 0 Å². The van der Waals surface area contributed by atoms with Gasteiger partial charge in [0.25, 0.3) is 0 Å². The van der Waals surface area contributed by atoms with Crippen molar-refractivity contribution in [1.82, 2.24) is 0 Å². The summed E-state index contributed by atoms with van der Waals surface area (Å²) in [5.41, 5.74) is 25.1. The third-order valence-electron chi connectivity index (χ3n) is 17.9. The van der Waals surface area contributed by atoms with E-state index >= 15 is 0 Å². The maximum absolute atomic E-state index is 2.61. The van der Waals surface area contributed by atoms with E-state index in [-0.39, 0.29) is 0 Å². The van der Waals surface area contributed by atoms with Crippen LogP contribution in [0, 0.1) is 0 Å². The summed E-state index contributed by atoms with van der Waals surface area (Å²) in [7, 11) is 0. The number of benzene rings is 12. The minimum absolute atomic E-state index is 0.489. The molecule has 2 aliphatic heterocycles. The highest BCUT2D eigenvalue weighted by Gasteiger charge is 2.53. The van der Waals surface area contributed by atoms with Crippen molar-refractivity contribution in [3.63, 3.8) is 0 Å². The number of rotatable bonds is 5. The first-order valence-corrected chi connectivity index (χ1v) is 28.7. The van der Waals surface area contributed by atoms with Gasteiger partial charge in [0, 0.05) is 36.5 Å². The maximum Gasteiger partial charge on any atom is 0.0736 e. The van der Waals surface area contributed by atoms with Gasteiger partial charge in [0.2, 0.25) is 0 Å². The van der Waals surface area contributed by atoms with Crippen LogP contribution in [0.25, 0.3) is 33.4 Å². The third kappa shape index (κ3) is 5.64. The highest BCUT2D eigenvalue weighted by Crippen LogP contribution is 2.66. The van der Waals surface area contributed by atoms with Gasteiger partial charge in [-0.1, -0.05) is 254 Å². The van der Waals surface area contributed by atoms with E-state index in [1.165, 1.54) is 120 Å². The summed E-state index contributed by atoms with van der Waals surface area (Å²) in [6, 6.07) is 108. The average Bonchev–Trinajstić information content (AvgIpc) is 3.81. The highest BCUT2D eigenvalue weighted by atomic mass is 32.2. The Bertz CT molecular complexity index is 4350. The molecule has 0 radical (unpaired) electrons. The van der Waals surface area contributed by atoms with Gasteiger partial charge >= 0.3 is 0 Å². The van der Waals surface area contributed by atoms with Crippen LogP contribution < -0.4 is 4.90 Å². The number of fused-ring (bicyclic) bond motifs is 21. The fourth-order valence-corrected chi connectivity index (χ4v) is 17.4. The van der Waals surface area contributed by atoms with E-state index in [0.717, 1.165) is 17.1 Å². The standard InChI is InChI=1S/C75H47NS2/c1-3-22-48(23-4-1)73(49-24-5-2-6-25-49)59-31-12-9-28-55(59)72-65(73)36-21-37-67(72)76(50-43-45-60-56(46-50)53-27-8-11-30-58(53)74(60)61-32-13-17-38-68(61)77-69-39-18-14-33-62(69)74)51-42-44-54-52-26-7-10-29-57(52)75(66(54)47-51)63-34-15-19-40-70(63)78-71-41-20-16-35-64(71)75/h1-47H. The molecule has 2 heterocycles. The fraction of sp³-hybridized carbons (Fsp3) is 0.0400. The molecule has 2 spiro atoms. The van der Waals surface area contributed by atoms with Gasteiger partial charge in [0.05, 0.1) is 21.9 Å². The molecule has 12 aromatic rings. The molecule has 0 unspecified atom stereocenters. The molecule has 0 saturated heterocycles. The molecule has 364 valence electrons. The summed E-state index contributed by atoms with van der Waals surface area (Å²) < 4.78 is 0. The molecule has 5 aliphatic rings. The van der Waals surface area contributed by atoms with Crippen LogP contribution in [0.3, 0.4) is 0 Å². The smallest absolute Gasteiger partial charge is 0.0736 e. The van der Waals surface area contributed by atoms with Gasteiger partial charge in [-0.15, -0.1) is 0 Å². The zero-order valence-electron chi connectivity index (χ0n) is 42.4. The second-order valence-corrected chi connectivity index (χ2v) is 23.5. The quantitative estimate of drug-likeness (QED) is 0.169. The van der Waals surface area contributed by atoms with Crippen molar-refractivity contribution in [2.45, 2.75) is 35.8 Å². The minimum Gasteiger partial charge on any atom is -0.310 e. The SMILES string of the molecule is c1ccc(C2(c3ccccc3)c3ccccc3-c3c(N(c4ccc5c(c4)-c4ccccc4C54c5ccccc5Sc5ccccc54)c4ccc5c(c4)C4(c6ccccc6Sc6ccccc64)c4ccccc4-5)cccc32)cc1. The largest absolute Gasteiger partial charge is 0.310 e. The molecule has 3 aliphatic carbocycles. The van der Waals surface area contributed by atoms with E-state index in [4.69, 9.17) is 0 Å². The maximum atomic E-state index is 2.61. The van der Waals surface area contributed by atoms with Gasteiger partial charge in [-0.25, -0.2) is 0 Å². The van der Waals surface area contributed by atoms with E-state index in [1.807, 2.05) is 23.5 Å². The summed E-state index contributed by atoms with van der Waals surface area (Å²) in [6.45, 7) is 0. The first kappa shape index (κ1) is 44.3. The van der Waals surface area contributed by atoms with E-state index < -0.39 is 16.2 Å². The second kappa shape index (κ2) is 16.6.